The lowest BCUT2D eigenvalue weighted by Crippen LogP contribution is -2.37. The fourth-order valence-electron chi connectivity index (χ4n) is 2.46. The molecule has 1 aromatic rings. The van der Waals surface area contributed by atoms with Crippen molar-refractivity contribution in [2.75, 3.05) is 13.1 Å². The molecule has 20 heavy (non-hydrogen) atoms. The van der Waals surface area contributed by atoms with E-state index >= 15 is 0 Å². The summed E-state index contributed by atoms with van der Waals surface area (Å²) in [6, 6.07) is 10.4. The molecule has 0 aromatic heterocycles. The first-order chi connectivity index (χ1) is 9.63. The van der Waals surface area contributed by atoms with Gasteiger partial charge in [-0.05, 0) is 25.3 Å². The first-order valence-electron chi connectivity index (χ1n) is 7.08. The van der Waals surface area contributed by atoms with Crippen LogP contribution in [-0.2, 0) is 20.9 Å². The minimum Gasteiger partial charge on any atom is -0.462 e. The number of carbonyl (C=O) groups is 2. The summed E-state index contributed by atoms with van der Waals surface area (Å²) >= 11 is 0. The van der Waals surface area contributed by atoms with Crippen molar-refractivity contribution >= 4 is 11.8 Å². The molecular weight excluding hydrogens is 254 g/mol. The Balaban J connectivity index is 1.72. The summed E-state index contributed by atoms with van der Waals surface area (Å²) < 4.78 is 5.31. The number of likely N-dealkylation sites (tertiary alicyclic amines) is 1. The molecule has 0 spiro atoms. The van der Waals surface area contributed by atoms with Crippen LogP contribution in [0.25, 0.3) is 0 Å². The Kier molecular flexibility index (Phi) is 5.30. The zero-order valence-electron chi connectivity index (χ0n) is 11.9. The van der Waals surface area contributed by atoms with E-state index in [4.69, 9.17) is 4.74 Å². The number of ketones is 1. The van der Waals surface area contributed by atoms with Crippen molar-refractivity contribution in [3.63, 3.8) is 0 Å². The van der Waals surface area contributed by atoms with Crippen LogP contribution < -0.4 is 0 Å². The number of rotatable bonds is 5. The van der Waals surface area contributed by atoms with Gasteiger partial charge in [0.2, 0.25) is 0 Å². The molecule has 1 fully saturated rings. The summed E-state index contributed by atoms with van der Waals surface area (Å²) in [5.41, 5.74) is 1.31. The summed E-state index contributed by atoms with van der Waals surface area (Å²) in [4.78, 5) is 24.6. The van der Waals surface area contributed by atoms with Gasteiger partial charge in [-0.15, -0.1) is 0 Å². The minimum absolute atomic E-state index is 0.0335. The number of Topliss-reactive ketones (excluding diaryl/α,β-unsaturated/α-hetero) is 1. The van der Waals surface area contributed by atoms with Gasteiger partial charge < -0.3 is 4.74 Å². The van der Waals surface area contributed by atoms with Crippen LogP contribution in [0.5, 0.6) is 0 Å². The van der Waals surface area contributed by atoms with Gasteiger partial charge in [0, 0.05) is 19.6 Å². The molecule has 1 heterocycles. The van der Waals surface area contributed by atoms with Gasteiger partial charge >= 0.3 is 5.97 Å². The van der Waals surface area contributed by atoms with Crippen molar-refractivity contribution in [3.8, 4) is 0 Å². The van der Waals surface area contributed by atoms with Crippen molar-refractivity contribution in [1.29, 1.82) is 0 Å². The lowest BCUT2D eigenvalue weighted by Gasteiger charge is -2.31. The summed E-state index contributed by atoms with van der Waals surface area (Å²) in [7, 11) is 0. The normalized spacial score (nSPS) is 16.9. The molecule has 0 N–H and O–H groups in total. The van der Waals surface area contributed by atoms with Crippen LogP contribution in [-0.4, -0.2) is 35.8 Å². The lowest BCUT2D eigenvalue weighted by molar-refractivity contribution is -0.152. The molecule has 1 aliphatic heterocycles. The highest BCUT2D eigenvalue weighted by molar-refractivity contribution is 5.94. The molecule has 1 aromatic carbocycles. The van der Waals surface area contributed by atoms with Crippen LogP contribution in [0.15, 0.2) is 30.3 Å². The molecule has 0 saturated carbocycles. The van der Waals surface area contributed by atoms with Gasteiger partial charge in [0.15, 0.2) is 0 Å². The van der Waals surface area contributed by atoms with Gasteiger partial charge in [-0.3, -0.25) is 14.5 Å². The maximum absolute atomic E-state index is 11.4. The van der Waals surface area contributed by atoms with Crippen molar-refractivity contribution in [3.05, 3.63) is 35.9 Å². The zero-order chi connectivity index (χ0) is 14.4. The Labute approximate surface area is 119 Å². The smallest absolute Gasteiger partial charge is 0.313 e. The van der Waals surface area contributed by atoms with Crippen molar-refractivity contribution in [1.82, 2.24) is 4.90 Å². The molecule has 4 heteroatoms. The monoisotopic (exact) mass is 275 g/mol. The Bertz CT molecular complexity index is 450. The number of nitrogens with zero attached hydrogens (tertiary/aromatic N) is 1. The van der Waals surface area contributed by atoms with E-state index in [9.17, 15) is 9.59 Å². The average Bonchev–Trinajstić information content (AvgIpc) is 2.41. The number of carbonyl (C=O) groups excluding carboxylic acids is 2. The van der Waals surface area contributed by atoms with Crippen LogP contribution in [0.4, 0.5) is 0 Å². The van der Waals surface area contributed by atoms with E-state index in [-0.39, 0.29) is 24.3 Å². The van der Waals surface area contributed by atoms with E-state index in [1.165, 1.54) is 12.5 Å². The molecule has 0 aliphatic carbocycles. The van der Waals surface area contributed by atoms with Crippen molar-refractivity contribution < 1.29 is 14.3 Å². The van der Waals surface area contributed by atoms with E-state index in [0.717, 1.165) is 32.5 Å². The third kappa shape index (κ3) is 4.78. The van der Waals surface area contributed by atoms with Crippen LogP contribution in [0.2, 0.25) is 0 Å². The van der Waals surface area contributed by atoms with Crippen molar-refractivity contribution in [2.24, 2.45) is 0 Å². The van der Waals surface area contributed by atoms with Gasteiger partial charge in [0.1, 0.15) is 18.3 Å². The highest BCUT2D eigenvalue weighted by Gasteiger charge is 2.22. The summed E-state index contributed by atoms with van der Waals surface area (Å²) in [5.74, 6) is -0.532. The first-order valence-corrected chi connectivity index (χ1v) is 7.08. The topological polar surface area (TPSA) is 46.6 Å². The van der Waals surface area contributed by atoms with Crippen LogP contribution >= 0.6 is 0 Å². The van der Waals surface area contributed by atoms with E-state index in [1.54, 1.807) is 0 Å². The number of hydrogen-bond donors (Lipinski definition) is 0. The van der Waals surface area contributed by atoms with E-state index in [0.29, 0.717) is 0 Å². The molecule has 1 saturated heterocycles. The Morgan fingerprint density at radius 1 is 1.20 bits per heavy atom. The fraction of sp³-hybridized carbons (Fsp3) is 0.500. The molecule has 1 aliphatic rings. The molecule has 0 unspecified atom stereocenters. The molecule has 4 nitrogen and oxygen atoms in total. The highest BCUT2D eigenvalue weighted by Crippen LogP contribution is 2.16. The van der Waals surface area contributed by atoms with Gasteiger partial charge in [-0.1, -0.05) is 30.3 Å². The van der Waals surface area contributed by atoms with E-state index in [2.05, 4.69) is 17.0 Å². The summed E-state index contributed by atoms with van der Waals surface area (Å²) in [6.45, 7) is 4.19. The average molecular weight is 275 g/mol. The van der Waals surface area contributed by atoms with Gasteiger partial charge in [-0.25, -0.2) is 0 Å². The van der Waals surface area contributed by atoms with Crippen LogP contribution in [0.3, 0.4) is 0 Å². The summed E-state index contributed by atoms with van der Waals surface area (Å²) in [6.07, 6.45) is 1.55. The highest BCUT2D eigenvalue weighted by atomic mass is 16.5. The largest absolute Gasteiger partial charge is 0.462 e. The number of benzene rings is 1. The SMILES string of the molecule is CC(=O)CC(=O)OC1CCN(Cc2ccccc2)CC1. The number of hydrogen-bond acceptors (Lipinski definition) is 4. The van der Waals surface area contributed by atoms with Gasteiger partial charge in [-0.2, -0.15) is 0 Å². The molecular formula is C16H21NO3. The lowest BCUT2D eigenvalue weighted by atomic mass is 10.1. The molecule has 0 bridgehead atoms. The molecule has 2 rings (SSSR count). The number of ether oxygens (including phenoxy) is 1. The third-order valence-corrected chi connectivity index (χ3v) is 3.48. The number of esters is 1. The zero-order valence-corrected chi connectivity index (χ0v) is 11.9. The second-order valence-electron chi connectivity index (χ2n) is 5.33. The van der Waals surface area contributed by atoms with Crippen molar-refractivity contribution in [2.45, 2.75) is 38.8 Å². The molecule has 108 valence electrons. The molecule has 0 atom stereocenters. The maximum Gasteiger partial charge on any atom is 0.313 e. The summed E-state index contributed by atoms with van der Waals surface area (Å²) in [5, 5.41) is 0. The first kappa shape index (κ1) is 14.7. The van der Waals surface area contributed by atoms with E-state index in [1.807, 2.05) is 18.2 Å². The Morgan fingerprint density at radius 2 is 1.85 bits per heavy atom. The van der Waals surface area contributed by atoms with E-state index < -0.39 is 0 Å². The minimum atomic E-state index is -0.390. The standard InChI is InChI=1S/C16H21NO3/c1-13(18)11-16(19)20-15-7-9-17(10-8-15)12-14-5-3-2-4-6-14/h2-6,15H,7-12H2,1H3. The number of piperidine rings is 1. The molecule has 0 amide bonds. The Hall–Kier alpha value is -1.68. The predicted octanol–water partition coefficient (Wildman–Crippen LogP) is 2.17. The predicted molar refractivity (Wildman–Crippen MR) is 76.1 cm³/mol. The molecule has 0 radical (unpaired) electrons. The quantitative estimate of drug-likeness (QED) is 0.610. The second kappa shape index (κ2) is 7.20. The maximum atomic E-state index is 11.4. The van der Waals surface area contributed by atoms with Crippen LogP contribution in [0.1, 0.15) is 31.7 Å². The van der Waals surface area contributed by atoms with Gasteiger partial charge in [0.05, 0.1) is 0 Å². The third-order valence-electron chi connectivity index (χ3n) is 3.48. The Morgan fingerprint density at radius 3 is 2.45 bits per heavy atom. The van der Waals surface area contributed by atoms with Gasteiger partial charge in [0.25, 0.3) is 0 Å². The fourth-order valence-corrected chi connectivity index (χ4v) is 2.46. The van der Waals surface area contributed by atoms with Crippen LogP contribution in [0, 0.1) is 0 Å². The second-order valence-corrected chi connectivity index (χ2v) is 5.33.